The highest BCUT2D eigenvalue weighted by molar-refractivity contribution is 6.31. The van der Waals surface area contributed by atoms with Gasteiger partial charge >= 0.3 is 0 Å². The largest absolute Gasteiger partial charge is 0.0844 e. The maximum absolute atomic E-state index is 6.06. The topological polar surface area (TPSA) is 0 Å². The molecule has 0 aliphatic heterocycles. The fourth-order valence-electron chi connectivity index (χ4n) is 1.80. The van der Waals surface area contributed by atoms with Gasteiger partial charge in [0, 0.05) is 5.03 Å². The maximum Gasteiger partial charge on any atom is 0.0395 e. The molecule has 2 rings (SSSR count). The Morgan fingerprint density at radius 2 is 2.00 bits per heavy atom. The SMILES string of the molecule is C\C1=C(Cl)/C=C\C(C)=C2/CC2C1. The lowest BCUT2D eigenvalue weighted by molar-refractivity contribution is 0.842. The summed E-state index contributed by atoms with van der Waals surface area (Å²) >= 11 is 6.06. The number of halogens is 1. The first kappa shape index (κ1) is 8.12. The van der Waals surface area contributed by atoms with Crippen LogP contribution in [-0.2, 0) is 0 Å². The Balaban J connectivity index is 2.35. The number of rotatable bonds is 0. The zero-order valence-electron chi connectivity index (χ0n) is 7.52. The van der Waals surface area contributed by atoms with Gasteiger partial charge in [-0.05, 0) is 38.7 Å². The molecule has 0 bridgehead atoms. The first-order valence-electron chi connectivity index (χ1n) is 4.41. The molecule has 0 aromatic carbocycles. The molecule has 1 unspecified atom stereocenters. The summed E-state index contributed by atoms with van der Waals surface area (Å²) in [5.74, 6) is 0.809. The molecule has 0 heterocycles. The van der Waals surface area contributed by atoms with Crippen molar-refractivity contribution in [2.45, 2.75) is 26.7 Å². The zero-order chi connectivity index (χ0) is 8.72. The van der Waals surface area contributed by atoms with E-state index in [1.807, 2.05) is 6.08 Å². The van der Waals surface area contributed by atoms with Crippen molar-refractivity contribution in [1.82, 2.24) is 0 Å². The van der Waals surface area contributed by atoms with Crippen LogP contribution in [-0.4, -0.2) is 0 Å². The molecule has 1 fully saturated rings. The normalized spacial score (nSPS) is 43.1. The molecule has 12 heavy (non-hydrogen) atoms. The third-order valence-corrected chi connectivity index (χ3v) is 3.19. The van der Waals surface area contributed by atoms with Gasteiger partial charge < -0.3 is 0 Å². The Morgan fingerprint density at radius 1 is 1.25 bits per heavy atom. The fourth-order valence-corrected chi connectivity index (χ4v) is 1.94. The highest BCUT2D eigenvalue weighted by atomic mass is 35.5. The molecule has 2 aliphatic rings. The van der Waals surface area contributed by atoms with Gasteiger partial charge in [-0.3, -0.25) is 0 Å². The molecule has 2 aliphatic carbocycles. The van der Waals surface area contributed by atoms with E-state index in [1.165, 1.54) is 17.6 Å². The zero-order valence-corrected chi connectivity index (χ0v) is 8.28. The number of fused-ring (bicyclic) bond motifs is 1. The predicted molar refractivity (Wildman–Crippen MR) is 53.1 cm³/mol. The summed E-state index contributed by atoms with van der Waals surface area (Å²) in [6.45, 7) is 4.31. The molecule has 1 atom stereocenters. The highest BCUT2D eigenvalue weighted by Gasteiger charge is 2.31. The molecule has 0 aromatic rings. The minimum atomic E-state index is 0.809. The number of hydrogen-bond acceptors (Lipinski definition) is 0. The third kappa shape index (κ3) is 1.36. The first-order valence-corrected chi connectivity index (χ1v) is 4.79. The van der Waals surface area contributed by atoms with E-state index < -0.39 is 0 Å². The summed E-state index contributed by atoms with van der Waals surface area (Å²) in [5, 5.41) is 0.931. The van der Waals surface area contributed by atoms with Gasteiger partial charge in [-0.1, -0.05) is 34.4 Å². The Labute approximate surface area is 78.6 Å². The monoisotopic (exact) mass is 180 g/mol. The van der Waals surface area contributed by atoms with Gasteiger partial charge in [0.25, 0.3) is 0 Å². The standard InChI is InChI=1S/C11H13Cl/c1-7-3-4-11(12)8(2)5-9-6-10(7)9/h3-4,9H,5-6H2,1-2H3/b4-3-,10-7+,11-8-. The molecule has 0 amide bonds. The predicted octanol–water partition coefficient (Wildman–Crippen LogP) is 3.80. The van der Waals surface area contributed by atoms with Crippen LogP contribution in [0.15, 0.2) is 33.9 Å². The first-order chi connectivity index (χ1) is 5.68. The van der Waals surface area contributed by atoms with Crippen molar-refractivity contribution < 1.29 is 0 Å². The Morgan fingerprint density at radius 3 is 2.75 bits per heavy atom. The van der Waals surface area contributed by atoms with Crippen LogP contribution in [0, 0.1) is 5.92 Å². The lowest BCUT2D eigenvalue weighted by Crippen LogP contribution is -1.86. The number of allylic oxidation sites excluding steroid dienone is 6. The van der Waals surface area contributed by atoms with Crippen LogP contribution in [0.1, 0.15) is 26.7 Å². The molecule has 0 nitrogen and oxygen atoms in total. The smallest absolute Gasteiger partial charge is 0.0395 e. The molecule has 0 spiro atoms. The average Bonchev–Trinajstić information content (AvgIpc) is 2.77. The summed E-state index contributed by atoms with van der Waals surface area (Å²) in [6.07, 6.45) is 6.61. The van der Waals surface area contributed by atoms with Crippen molar-refractivity contribution in [3.63, 3.8) is 0 Å². The van der Waals surface area contributed by atoms with Crippen LogP contribution < -0.4 is 0 Å². The highest BCUT2D eigenvalue weighted by Crippen LogP contribution is 2.46. The van der Waals surface area contributed by atoms with Crippen LogP contribution in [0.5, 0.6) is 0 Å². The van der Waals surface area contributed by atoms with Crippen LogP contribution in [0.3, 0.4) is 0 Å². The van der Waals surface area contributed by atoms with E-state index in [1.54, 1.807) is 5.57 Å². The second kappa shape index (κ2) is 2.77. The van der Waals surface area contributed by atoms with Gasteiger partial charge in [0.05, 0.1) is 0 Å². The fraction of sp³-hybridized carbons (Fsp3) is 0.455. The summed E-state index contributed by atoms with van der Waals surface area (Å²) in [6, 6.07) is 0. The van der Waals surface area contributed by atoms with Gasteiger partial charge in [0.1, 0.15) is 0 Å². The van der Waals surface area contributed by atoms with E-state index in [4.69, 9.17) is 11.6 Å². The quantitative estimate of drug-likeness (QED) is 0.532. The van der Waals surface area contributed by atoms with Crippen LogP contribution in [0.2, 0.25) is 0 Å². The van der Waals surface area contributed by atoms with Crippen molar-refractivity contribution in [2.24, 2.45) is 5.92 Å². The minimum absolute atomic E-state index is 0.809. The van der Waals surface area contributed by atoms with Gasteiger partial charge in [-0.2, -0.15) is 0 Å². The van der Waals surface area contributed by atoms with E-state index in [9.17, 15) is 0 Å². The van der Waals surface area contributed by atoms with Crippen LogP contribution in [0.4, 0.5) is 0 Å². The molecular formula is C11H13Cl. The molecule has 0 radical (unpaired) electrons. The van der Waals surface area contributed by atoms with Gasteiger partial charge in [0.15, 0.2) is 0 Å². The van der Waals surface area contributed by atoms with Crippen LogP contribution >= 0.6 is 11.6 Å². The van der Waals surface area contributed by atoms with Gasteiger partial charge in [-0.15, -0.1) is 0 Å². The van der Waals surface area contributed by atoms with Crippen molar-refractivity contribution in [1.29, 1.82) is 0 Å². The van der Waals surface area contributed by atoms with E-state index in [0.717, 1.165) is 17.4 Å². The third-order valence-electron chi connectivity index (χ3n) is 2.75. The minimum Gasteiger partial charge on any atom is -0.0844 e. The Kier molecular flexibility index (Phi) is 1.88. The van der Waals surface area contributed by atoms with Crippen molar-refractivity contribution >= 4 is 11.6 Å². The Bertz CT molecular complexity index is 305. The molecular weight excluding hydrogens is 168 g/mol. The molecule has 1 saturated carbocycles. The molecule has 1 heteroatoms. The second-order valence-corrected chi connectivity index (χ2v) is 4.18. The lowest BCUT2D eigenvalue weighted by atomic mass is 10.1. The molecule has 0 N–H and O–H groups in total. The van der Waals surface area contributed by atoms with Crippen LogP contribution in [0.25, 0.3) is 0 Å². The van der Waals surface area contributed by atoms with E-state index >= 15 is 0 Å². The Hall–Kier alpha value is -0.490. The second-order valence-electron chi connectivity index (χ2n) is 3.78. The summed E-state index contributed by atoms with van der Waals surface area (Å²) in [7, 11) is 0. The van der Waals surface area contributed by atoms with Crippen molar-refractivity contribution in [2.75, 3.05) is 0 Å². The number of hydrogen-bond donors (Lipinski definition) is 0. The van der Waals surface area contributed by atoms with Gasteiger partial charge in [-0.25, -0.2) is 0 Å². The molecule has 64 valence electrons. The summed E-state index contributed by atoms with van der Waals surface area (Å²) in [5.41, 5.74) is 4.39. The van der Waals surface area contributed by atoms with Gasteiger partial charge in [0.2, 0.25) is 0 Å². The van der Waals surface area contributed by atoms with Crippen molar-refractivity contribution in [3.05, 3.63) is 33.9 Å². The van der Waals surface area contributed by atoms with E-state index in [-0.39, 0.29) is 0 Å². The van der Waals surface area contributed by atoms with E-state index in [2.05, 4.69) is 19.9 Å². The van der Waals surface area contributed by atoms with E-state index in [0.29, 0.717) is 0 Å². The summed E-state index contributed by atoms with van der Waals surface area (Å²) in [4.78, 5) is 0. The molecule has 0 aromatic heterocycles. The summed E-state index contributed by atoms with van der Waals surface area (Å²) < 4.78 is 0. The average molecular weight is 181 g/mol. The lowest BCUT2D eigenvalue weighted by Gasteiger charge is -2.03. The van der Waals surface area contributed by atoms with Crippen molar-refractivity contribution in [3.8, 4) is 0 Å². The maximum atomic E-state index is 6.06. The molecule has 0 saturated heterocycles.